The molecule has 0 unspecified atom stereocenters. The molecular formula is C15H15FN2O3. The Morgan fingerprint density at radius 2 is 1.90 bits per heavy atom. The molecule has 0 radical (unpaired) electrons. The summed E-state index contributed by atoms with van der Waals surface area (Å²) in [4.78, 5) is 10.2. The van der Waals surface area contributed by atoms with E-state index < -0.39 is 10.7 Å². The fraction of sp³-hybridized carbons (Fsp3) is 0.200. The summed E-state index contributed by atoms with van der Waals surface area (Å²) >= 11 is 0. The number of ether oxygens (including phenoxy) is 1. The van der Waals surface area contributed by atoms with Crippen LogP contribution in [-0.2, 0) is 0 Å². The van der Waals surface area contributed by atoms with Crippen LogP contribution in [0.3, 0.4) is 0 Å². The lowest BCUT2D eigenvalue weighted by atomic mass is 10.1. The average Bonchev–Trinajstić information content (AvgIpc) is 2.42. The Labute approximate surface area is 121 Å². The molecule has 21 heavy (non-hydrogen) atoms. The zero-order valence-electron chi connectivity index (χ0n) is 11.7. The second-order valence-electron chi connectivity index (χ2n) is 4.79. The van der Waals surface area contributed by atoms with E-state index in [-0.39, 0.29) is 17.5 Å². The number of nitrogens with zero attached hydrogens (tertiary/aromatic N) is 1. The predicted octanol–water partition coefficient (Wildman–Crippen LogP) is 3.85. The van der Waals surface area contributed by atoms with Gasteiger partial charge in [-0.3, -0.25) is 10.1 Å². The molecule has 0 spiro atoms. The van der Waals surface area contributed by atoms with E-state index in [1.807, 2.05) is 0 Å². The molecule has 0 fully saturated rings. The van der Waals surface area contributed by atoms with Crippen LogP contribution in [0.4, 0.5) is 10.1 Å². The Hall–Kier alpha value is -2.47. The molecule has 2 N–H and O–H groups in total. The first-order valence-corrected chi connectivity index (χ1v) is 6.36. The summed E-state index contributed by atoms with van der Waals surface area (Å²) in [7, 11) is 0. The smallest absolute Gasteiger partial charge is 0.269 e. The fourth-order valence-electron chi connectivity index (χ4n) is 1.86. The first-order chi connectivity index (χ1) is 9.88. The Bertz CT molecular complexity index is 687. The number of halogens is 1. The number of hydrogen-bond donors (Lipinski definition) is 1. The molecule has 0 saturated carbocycles. The van der Waals surface area contributed by atoms with Gasteiger partial charge in [0.05, 0.1) is 4.92 Å². The highest BCUT2D eigenvalue weighted by molar-refractivity contribution is 5.45. The molecule has 0 amide bonds. The van der Waals surface area contributed by atoms with Crippen LogP contribution in [-0.4, -0.2) is 4.92 Å². The summed E-state index contributed by atoms with van der Waals surface area (Å²) in [5.74, 6) is -0.105. The van der Waals surface area contributed by atoms with Crippen LogP contribution < -0.4 is 10.5 Å². The summed E-state index contributed by atoms with van der Waals surface area (Å²) in [6.45, 7) is 3.42. The van der Waals surface area contributed by atoms with Crippen LogP contribution >= 0.6 is 0 Å². The number of hydrogen-bond acceptors (Lipinski definition) is 4. The topological polar surface area (TPSA) is 78.4 Å². The molecule has 0 saturated heterocycles. The quantitative estimate of drug-likeness (QED) is 0.685. The van der Waals surface area contributed by atoms with Gasteiger partial charge in [0.25, 0.3) is 5.69 Å². The van der Waals surface area contributed by atoms with Crippen molar-refractivity contribution >= 4 is 5.69 Å². The van der Waals surface area contributed by atoms with Crippen LogP contribution in [0.15, 0.2) is 36.4 Å². The van der Waals surface area contributed by atoms with Gasteiger partial charge in [0.15, 0.2) is 11.6 Å². The van der Waals surface area contributed by atoms with Gasteiger partial charge in [-0.25, -0.2) is 4.39 Å². The van der Waals surface area contributed by atoms with E-state index in [1.165, 1.54) is 30.3 Å². The second kappa shape index (κ2) is 5.88. The molecule has 2 aromatic rings. The van der Waals surface area contributed by atoms with Crippen LogP contribution in [0.2, 0.25) is 0 Å². The molecule has 2 rings (SSSR count). The van der Waals surface area contributed by atoms with E-state index in [0.29, 0.717) is 16.9 Å². The van der Waals surface area contributed by atoms with Crippen LogP contribution in [0, 0.1) is 22.9 Å². The van der Waals surface area contributed by atoms with Crippen molar-refractivity contribution < 1.29 is 14.1 Å². The van der Waals surface area contributed by atoms with Gasteiger partial charge in [0.1, 0.15) is 5.75 Å². The first kappa shape index (κ1) is 14.9. The number of non-ortho nitro benzene ring substituents is 1. The van der Waals surface area contributed by atoms with Gasteiger partial charge in [-0.2, -0.15) is 0 Å². The lowest BCUT2D eigenvalue weighted by Gasteiger charge is -2.11. The summed E-state index contributed by atoms with van der Waals surface area (Å²) in [5.41, 5.74) is 6.87. The molecule has 6 heteroatoms. The molecule has 0 bridgehead atoms. The van der Waals surface area contributed by atoms with E-state index in [0.717, 1.165) is 0 Å². The normalized spacial score (nSPS) is 12.0. The van der Waals surface area contributed by atoms with Crippen molar-refractivity contribution in [3.63, 3.8) is 0 Å². The number of aryl methyl sites for hydroxylation is 1. The van der Waals surface area contributed by atoms with E-state index in [2.05, 4.69) is 0 Å². The molecule has 0 heterocycles. The molecule has 0 aliphatic carbocycles. The van der Waals surface area contributed by atoms with Crippen molar-refractivity contribution in [3.05, 3.63) is 63.5 Å². The fourth-order valence-corrected chi connectivity index (χ4v) is 1.86. The second-order valence-corrected chi connectivity index (χ2v) is 4.79. The minimum absolute atomic E-state index is 0.0346. The van der Waals surface area contributed by atoms with Crippen molar-refractivity contribution in [2.45, 2.75) is 19.9 Å². The molecule has 5 nitrogen and oxygen atoms in total. The maximum atomic E-state index is 13.9. The highest BCUT2D eigenvalue weighted by Crippen LogP contribution is 2.30. The highest BCUT2D eigenvalue weighted by atomic mass is 19.1. The summed E-state index contributed by atoms with van der Waals surface area (Å²) < 4.78 is 19.4. The van der Waals surface area contributed by atoms with Crippen LogP contribution in [0.25, 0.3) is 0 Å². The monoisotopic (exact) mass is 290 g/mol. The van der Waals surface area contributed by atoms with Crippen molar-refractivity contribution in [2.75, 3.05) is 0 Å². The Morgan fingerprint density at radius 1 is 1.24 bits per heavy atom. The maximum Gasteiger partial charge on any atom is 0.269 e. The molecule has 0 aliphatic rings. The number of benzene rings is 2. The minimum Gasteiger partial charge on any atom is -0.454 e. The third-order valence-corrected chi connectivity index (χ3v) is 3.07. The molecule has 2 aromatic carbocycles. The standard InChI is InChI=1S/C15H15FN2O3/c1-9-7-12(18(19)20)4-6-14(9)21-15-5-3-11(10(2)17)8-13(15)16/h3-8,10H,17H2,1-2H3/t10-/m0/s1. The van der Waals surface area contributed by atoms with Gasteiger partial charge in [-0.15, -0.1) is 0 Å². The van der Waals surface area contributed by atoms with Gasteiger partial charge >= 0.3 is 0 Å². The third-order valence-electron chi connectivity index (χ3n) is 3.07. The van der Waals surface area contributed by atoms with Crippen molar-refractivity contribution in [1.82, 2.24) is 0 Å². The number of nitro benzene ring substituents is 1. The van der Waals surface area contributed by atoms with Gasteiger partial charge < -0.3 is 10.5 Å². The lowest BCUT2D eigenvalue weighted by molar-refractivity contribution is -0.384. The molecule has 0 aromatic heterocycles. The Balaban J connectivity index is 2.28. The minimum atomic E-state index is -0.525. The maximum absolute atomic E-state index is 13.9. The number of nitro groups is 1. The summed E-state index contributed by atoms with van der Waals surface area (Å²) in [6, 6.07) is 8.38. The van der Waals surface area contributed by atoms with Crippen molar-refractivity contribution in [2.24, 2.45) is 5.73 Å². The van der Waals surface area contributed by atoms with Crippen LogP contribution in [0.1, 0.15) is 24.1 Å². The van der Waals surface area contributed by atoms with E-state index in [9.17, 15) is 14.5 Å². The van der Waals surface area contributed by atoms with Gasteiger partial charge in [0, 0.05) is 18.2 Å². The zero-order valence-corrected chi connectivity index (χ0v) is 11.7. The Morgan fingerprint density at radius 3 is 2.43 bits per heavy atom. The van der Waals surface area contributed by atoms with Gasteiger partial charge in [-0.05, 0) is 43.2 Å². The predicted molar refractivity (Wildman–Crippen MR) is 76.9 cm³/mol. The Kier molecular flexibility index (Phi) is 4.18. The van der Waals surface area contributed by atoms with E-state index in [1.54, 1.807) is 19.9 Å². The van der Waals surface area contributed by atoms with Gasteiger partial charge in [0.2, 0.25) is 0 Å². The SMILES string of the molecule is Cc1cc([N+](=O)[O-])ccc1Oc1ccc([C@H](C)N)cc1F. The van der Waals surface area contributed by atoms with E-state index in [4.69, 9.17) is 10.5 Å². The average molecular weight is 290 g/mol. The van der Waals surface area contributed by atoms with Crippen molar-refractivity contribution in [1.29, 1.82) is 0 Å². The molecule has 0 aliphatic heterocycles. The molecule has 110 valence electrons. The molecule has 1 atom stereocenters. The zero-order chi connectivity index (χ0) is 15.6. The first-order valence-electron chi connectivity index (χ1n) is 6.36. The third kappa shape index (κ3) is 3.35. The number of nitrogens with two attached hydrogens (primary N) is 1. The van der Waals surface area contributed by atoms with Crippen LogP contribution in [0.5, 0.6) is 11.5 Å². The lowest BCUT2D eigenvalue weighted by Crippen LogP contribution is -2.05. The highest BCUT2D eigenvalue weighted by Gasteiger charge is 2.12. The van der Waals surface area contributed by atoms with Crippen molar-refractivity contribution in [3.8, 4) is 11.5 Å². The van der Waals surface area contributed by atoms with Gasteiger partial charge in [-0.1, -0.05) is 6.07 Å². The van der Waals surface area contributed by atoms with E-state index >= 15 is 0 Å². The number of rotatable bonds is 4. The largest absolute Gasteiger partial charge is 0.454 e. The summed E-state index contributed by atoms with van der Waals surface area (Å²) in [6.07, 6.45) is 0. The summed E-state index contributed by atoms with van der Waals surface area (Å²) in [5, 5.41) is 10.7. The molecular weight excluding hydrogens is 275 g/mol.